The van der Waals surface area contributed by atoms with E-state index in [1.807, 2.05) is 25.7 Å². The summed E-state index contributed by atoms with van der Waals surface area (Å²) in [5.41, 5.74) is -0.00367. The van der Waals surface area contributed by atoms with Crippen molar-refractivity contribution in [1.29, 1.82) is 0 Å². The van der Waals surface area contributed by atoms with E-state index < -0.39 is 0 Å². The van der Waals surface area contributed by atoms with Crippen LogP contribution in [0.3, 0.4) is 0 Å². The molecule has 1 atom stereocenters. The monoisotopic (exact) mass is 429 g/mol. The van der Waals surface area contributed by atoms with E-state index in [0.717, 1.165) is 12.8 Å². The van der Waals surface area contributed by atoms with Gasteiger partial charge in [-0.1, -0.05) is 11.6 Å². The van der Waals surface area contributed by atoms with Crippen LogP contribution in [-0.4, -0.2) is 43.7 Å². The number of rotatable bonds is 3. The minimum atomic E-state index is -0.310. The fraction of sp³-hybridized carbons (Fsp3) is 0.450. The molecule has 1 amide bonds. The van der Waals surface area contributed by atoms with Crippen molar-refractivity contribution >= 4 is 40.3 Å². The van der Waals surface area contributed by atoms with Gasteiger partial charge in [0.25, 0.3) is 5.56 Å². The second-order valence-electron chi connectivity index (χ2n) is 8.49. The van der Waals surface area contributed by atoms with Crippen molar-refractivity contribution in [2.45, 2.75) is 39.2 Å². The van der Waals surface area contributed by atoms with Gasteiger partial charge in [-0.2, -0.15) is 10.1 Å². The van der Waals surface area contributed by atoms with Crippen molar-refractivity contribution in [3.8, 4) is 0 Å². The summed E-state index contributed by atoms with van der Waals surface area (Å²) in [6.45, 7) is 7.19. The maximum absolute atomic E-state index is 12.7. The molecule has 0 aliphatic carbocycles. The number of aromatic amines is 1. The standard InChI is InChI=1S/C20H24ClN7O2/c1-20(2,3)28-16-14(10-23-28)18(30)26-19(25-16)27-8-4-5-12(11-27)17(29)24-15-7-6-13(21)9-22-15/h6-7,9-10,12H,4-5,8,11H2,1-3H3,(H,22,24,29)(H,25,26,30). The molecule has 0 bridgehead atoms. The predicted octanol–water partition coefficient (Wildman–Crippen LogP) is 2.78. The van der Waals surface area contributed by atoms with Crippen molar-refractivity contribution in [1.82, 2.24) is 24.7 Å². The molecule has 4 heterocycles. The lowest BCUT2D eigenvalue weighted by Gasteiger charge is -2.32. The largest absolute Gasteiger partial charge is 0.341 e. The highest BCUT2D eigenvalue weighted by Gasteiger charge is 2.28. The average Bonchev–Trinajstić information content (AvgIpc) is 3.15. The molecule has 1 aliphatic rings. The molecule has 1 fully saturated rings. The van der Waals surface area contributed by atoms with Gasteiger partial charge in [-0.25, -0.2) is 9.67 Å². The summed E-state index contributed by atoms with van der Waals surface area (Å²) in [6.07, 6.45) is 4.60. The van der Waals surface area contributed by atoms with Gasteiger partial charge in [-0.05, 0) is 45.7 Å². The zero-order valence-corrected chi connectivity index (χ0v) is 17.9. The van der Waals surface area contributed by atoms with Gasteiger partial charge in [-0.3, -0.25) is 14.6 Å². The van der Waals surface area contributed by atoms with Gasteiger partial charge in [0.1, 0.15) is 11.2 Å². The van der Waals surface area contributed by atoms with Gasteiger partial charge >= 0.3 is 0 Å². The highest BCUT2D eigenvalue weighted by atomic mass is 35.5. The second-order valence-corrected chi connectivity index (χ2v) is 8.93. The maximum atomic E-state index is 12.7. The number of nitrogens with zero attached hydrogens (tertiary/aromatic N) is 5. The number of piperidine rings is 1. The molecule has 1 aliphatic heterocycles. The van der Waals surface area contributed by atoms with Crippen LogP contribution in [0.4, 0.5) is 11.8 Å². The molecular formula is C20H24ClN7O2. The highest BCUT2D eigenvalue weighted by molar-refractivity contribution is 6.30. The van der Waals surface area contributed by atoms with E-state index in [1.165, 1.54) is 6.20 Å². The van der Waals surface area contributed by atoms with Gasteiger partial charge in [0.2, 0.25) is 11.9 Å². The van der Waals surface area contributed by atoms with Crippen LogP contribution in [0, 0.1) is 5.92 Å². The van der Waals surface area contributed by atoms with Gasteiger partial charge < -0.3 is 10.2 Å². The number of anilines is 2. The van der Waals surface area contributed by atoms with Crippen molar-refractivity contribution in [3.63, 3.8) is 0 Å². The number of H-pyrrole nitrogens is 1. The third kappa shape index (κ3) is 4.02. The lowest BCUT2D eigenvalue weighted by Crippen LogP contribution is -2.42. The molecule has 4 rings (SSSR count). The minimum absolute atomic E-state index is 0.113. The molecular weight excluding hydrogens is 406 g/mol. The molecule has 3 aromatic heterocycles. The Morgan fingerprint density at radius 2 is 2.10 bits per heavy atom. The summed E-state index contributed by atoms with van der Waals surface area (Å²) in [6, 6.07) is 3.35. The predicted molar refractivity (Wildman–Crippen MR) is 116 cm³/mol. The first-order chi connectivity index (χ1) is 14.2. The summed E-state index contributed by atoms with van der Waals surface area (Å²) < 4.78 is 1.75. The number of pyridine rings is 1. The lowest BCUT2D eigenvalue weighted by molar-refractivity contribution is -0.120. The Labute approximate surface area is 178 Å². The van der Waals surface area contributed by atoms with Crippen LogP contribution < -0.4 is 15.8 Å². The SMILES string of the molecule is CC(C)(C)n1ncc2c(=O)[nH]c(N3CCCC(C(=O)Nc4ccc(Cl)cn4)C3)nc21. The van der Waals surface area contributed by atoms with E-state index in [2.05, 4.69) is 25.4 Å². The molecule has 1 unspecified atom stereocenters. The first kappa shape index (κ1) is 20.3. The molecule has 10 heteroatoms. The summed E-state index contributed by atoms with van der Waals surface area (Å²) in [7, 11) is 0. The first-order valence-corrected chi connectivity index (χ1v) is 10.3. The molecule has 2 N–H and O–H groups in total. The number of fused-ring (bicyclic) bond motifs is 1. The molecule has 3 aromatic rings. The second kappa shape index (κ2) is 7.71. The molecule has 0 aromatic carbocycles. The van der Waals surface area contributed by atoms with E-state index in [1.54, 1.807) is 23.0 Å². The van der Waals surface area contributed by atoms with Crippen LogP contribution in [0.2, 0.25) is 5.02 Å². The van der Waals surface area contributed by atoms with Crippen LogP contribution >= 0.6 is 11.6 Å². The number of amides is 1. The Hall–Kier alpha value is -2.94. The van der Waals surface area contributed by atoms with Crippen LogP contribution in [0.25, 0.3) is 11.0 Å². The minimum Gasteiger partial charge on any atom is -0.341 e. The average molecular weight is 430 g/mol. The molecule has 0 spiro atoms. The molecule has 158 valence electrons. The molecule has 0 radical (unpaired) electrons. The third-order valence-electron chi connectivity index (χ3n) is 5.13. The van der Waals surface area contributed by atoms with Crippen LogP contribution in [0.5, 0.6) is 0 Å². The zero-order chi connectivity index (χ0) is 21.5. The first-order valence-electron chi connectivity index (χ1n) is 9.88. The number of hydrogen-bond donors (Lipinski definition) is 2. The zero-order valence-electron chi connectivity index (χ0n) is 17.1. The fourth-order valence-corrected chi connectivity index (χ4v) is 3.72. The topological polar surface area (TPSA) is 109 Å². The van der Waals surface area contributed by atoms with E-state index in [-0.39, 0.29) is 22.9 Å². The quantitative estimate of drug-likeness (QED) is 0.662. The van der Waals surface area contributed by atoms with Crippen molar-refractivity contribution < 1.29 is 4.79 Å². The third-order valence-corrected chi connectivity index (χ3v) is 5.35. The van der Waals surface area contributed by atoms with Crippen LogP contribution in [0.1, 0.15) is 33.6 Å². The molecule has 30 heavy (non-hydrogen) atoms. The van der Waals surface area contributed by atoms with Crippen molar-refractivity contribution in [2.75, 3.05) is 23.3 Å². The molecule has 1 saturated heterocycles. The van der Waals surface area contributed by atoms with Crippen LogP contribution in [0.15, 0.2) is 29.3 Å². The molecule has 9 nitrogen and oxygen atoms in total. The lowest BCUT2D eigenvalue weighted by atomic mass is 9.97. The Kier molecular flexibility index (Phi) is 5.23. The number of halogens is 1. The number of carbonyl (C=O) groups excluding carboxylic acids is 1. The van der Waals surface area contributed by atoms with Crippen LogP contribution in [-0.2, 0) is 10.3 Å². The number of nitrogens with one attached hydrogen (secondary N) is 2. The number of carbonyl (C=O) groups is 1. The Bertz CT molecular complexity index is 1130. The fourth-order valence-electron chi connectivity index (χ4n) is 3.61. The van der Waals surface area contributed by atoms with Crippen molar-refractivity contribution in [2.24, 2.45) is 5.92 Å². The Morgan fingerprint density at radius 3 is 2.80 bits per heavy atom. The summed E-state index contributed by atoms with van der Waals surface area (Å²) >= 11 is 5.85. The van der Waals surface area contributed by atoms with Crippen molar-refractivity contribution in [3.05, 3.63) is 39.9 Å². The summed E-state index contributed by atoms with van der Waals surface area (Å²) in [5, 5.41) is 8.14. The smallest absolute Gasteiger partial charge is 0.263 e. The normalized spacial score (nSPS) is 17.3. The van der Waals surface area contributed by atoms with E-state index in [9.17, 15) is 9.59 Å². The van der Waals surface area contributed by atoms with E-state index >= 15 is 0 Å². The highest BCUT2D eigenvalue weighted by Crippen LogP contribution is 2.24. The molecule has 0 saturated carbocycles. The van der Waals surface area contributed by atoms with Gasteiger partial charge in [0.05, 0.1) is 22.7 Å². The van der Waals surface area contributed by atoms with E-state index in [0.29, 0.717) is 40.9 Å². The van der Waals surface area contributed by atoms with E-state index in [4.69, 9.17) is 11.6 Å². The van der Waals surface area contributed by atoms with Gasteiger partial charge in [0, 0.05) is 19.3 Å². The Morgan fingerprint density at radius 1 is 1.30 bits per heavy atom. The Balaban J connectivity index is 1.57. The summed E-state index contributed by atoms with van der Waals surface area (Å²) in [5.74, 6) is 0.562. The number of aromatic nitrogens is 5. The van der Waals surface area contributed by atoms with Gasteiger partial charge in [-0.15, -0.1) is 0 Å². The summed E-state index contributed by atoms with van der Waals surface area (Å²) in [4.78, 5) is 38.9. The maximum Gasteiger partial charge on any atom is 0.263 e. The van der Waals surface area contributed by atoms with Gasteiger partial charge in [0.15, 0.2) is 5.65 Å². The number of hydrogen-bond acceptors (Lipinski definition) is 6.